The molecule has 0 spiro atoms. The maximum absolute atomic E-state index is 12.6. The minimum atomic E-state index is -0.182. The van der Waals surface area contributed by atoms with Gasteiger partial charge < -0.3 is 23.8 Å². The predicted octanol–water partition coefficient (Wildman–Crippen LogP) is 2.88. The number of nitrogens with zero attached hydrogens (tertiary/aromatic N) is 6. The van der Waals surface area contributed by atoms with Crippen LogP contribution in [0.3, 0.4) is 0 Å². The van der Waals surface area contributed by atoms with Gasteiger partial charge in [-0.1, -0.05) is 30.3 Å². The molecule has 4 aromatic rings. The SMILES string of the molecule is CCN1CCN(c2nc(-c3cccc(Cn4nc(-c5ccc6c(c5)OCO6)ccc4=O)c3)no2)CC1. The van der Waals surface area contributed by atoms with Crippen LogP contribution < -0.4 is 19.9 Å². The molecule has 2 aliphatic heterocycles. The molecular formula is C26H26N6O4. The van der Waals surface area contributed by atoms with Crippen LogP contribution in [0, 0.1) is 0 Å². The highest BCUT2D eigenvalue weighted by atomic mass is 16.7. The van der Waals surface area contributed by atoms with E-state index in [0.29, 0.717) is 35.6 Å². The van der Waals surface area contributed by atoms with Crippen LogP contribution in [0.5, 0.6) is 11.5 Å². The fourth-order valence-electron chi connectivity index (χ4n) is 4.47. The molecule has 1 fully saturated rings. The summed E-state index contributed by atoms with van der Waals surface area (Å²) in [6.45, 7) is 7.44. The van der Waals surface area contributed by atoms with Gasteiger partial charge >= 0.3 is 6.01 Å². The molecule has 10 nitrogen and oxygen atoms in total. The van der Waals surface area contributed by atoms with Crippen LogP contribution in [0.4, 0.5) is 6.01 Å². The number of ether oxygens (including phenoxy) is 2. The van der Waals surface area contributed by atoms with E-state index in [0.717, 1.165) is 49.4 Å². The molecule has 0 N–H and O–H groups in total. The fraction of sp³-hybridized carbons (Fsp3) is 0.308. The quantitative estimate of drug-likeness (QED) is 0.407. The number of hydrogen-bond acceptors (Lipinski definition) is 9. The van der Waals surface area contributed by atoms with Crippen LogP contribution in [0.1, 0.15) is 12.5 Å². The zero-order chi connectivity index (χ0) is 24.5. The highest BCUT2D eigenvalue weighted by Gasteiger charge is 2.21. The van der Waals surface area contributed by atoms with Crippen molar-refractivity contribution >= 4 is 6.01 Å². The van der Waals surface area contributed by atoms with Gasteiger partial charge in [0.05, 0.1) is 12.2 Å². The highest BCUT2D eigenvalue weighted by Crippen LogP contribution is 2.35. The second-order valence-corrected chi connectivity index (χ2v) is 8.80. The van der Waals surface area contributed by atoms with Crippen LogP contribution in [0.25, 0.3) is 22.6 Å². The molecule has 1 saturated heterocycles. The molecule has 4 heterocycles. The number of fused-ring (bicyclic) bond motifs is 1. The molecule has 0 unspecified atom stereocenters. The zero-order valence-corrected chi connectivity index (χ0v) is 20.0. The summed E-state index contributed by atoms with van der Waals surface area (Å²) in [7, 11) is 0. The Kier molecular flexibility index (Phi) is 5.86. The predicted molar refractivity (Wildman–Crippen MR) is 133 cm³/mol. The molecule has 0 amide bonds. The Morgan fingerprint density at radius 1 is 0.917 bits per heavy atom. The molecule has 0 bridgehead atoms. The average molecular weight is 487 g/mol. The minimum Gasteiger partial charge on any atom is -0.454 e. The molecule has 0 aliphatic carbocycles. The number of piperazine rings is 1. The number of benzene rings is 2. The first-order valence-corrected chi connectivity index (χ1v) is 12.0. The normalized spacial score (nSPS) is 15.4. The van der Waals surface area contributed by atoms with Gasteiger partial charge in [-0.15, -0.1) is 0 Å². The number of likely N-dealkylation sites (N-methyl/N-ethyl adjacent to an activating group) is 1. The van der Waals surface area contributed by atoms with Crippen LogP contribution in [0.2, 0.25) is 0 Å². The Hall–Kier alpha value is -4.18. The smallest absolute Gasteiger partial charge is 0.324 e. The van der Waals surface area contributed by atoms with E-state index in [2.05, 4.69) is 32.0 Å². The van der Waals surface area contributed by atoms with Crippen molar-refractivity contribution in [2.75, 3.05) is 44.4 Å². The van der Waals surface area contributed by atoms with Gasteiger partial charge in [0.15, 0.2) is 11.5 Å². The monoisotopic (exact) mass is 486 g/mol. The summed E-state index contributed by atoms with van der Waals surface area (Å²) in [5.74, 6) is 1.90. The molecule has 2 aromatic carbocycles. The van der Waals surface area contributed by atoms with E-state index in [1.54, 1.807) is 6.07 Å². The van der Waals surface area contributed by atoms with Gasteiger partial charge in [0.1, 0.15) is 0 Å². The van der Waals surface area contributed by atoms with Crippen LogP contribution >= 0.6 is 0 Å². The summed E-state index contributed by atoms with van der Waals surface area (Å²) >= 11 is 0. The molecule has 2 aliphatic rings. The third kappa shape index (κ3) is 4.42. The standard InChI is InChI=1S/C26H26N6O4/c1-2-30-10-12-31(13-11-30)26-27-25(29-36-26)20-5-3-4-18(14-20)16-32-24(33)9-7-21(28-32)19-6-8-22-23(15-19)35-17-34-22/h3-9,14-15H,2,10-13,16-17H2,1H3. The van der Waals surface area contributed by atoms with Gasteiger partial charge in [0, 0.05) is 43.4 Å². The molecule has 2 aromatic heterocycles. The Balaban J connectivity index is 1.21. The molecule has 0 radical (unpaired) electrons. The number of hydrogen-bond donors (Lipinski definition) is 0. The lowest BCUT2D eigenvalue weighted by Gasteiger charge is -2.32. The molecule has 0 saturated carbocycles. The number of anilines is 1. The number of aromatic nitrogens is 4. The van der Waals surface area contributed by atoms with Crippen molar-refractivity contribution < 1.29 is 14.0 Å². The second-order valence-electron chi connectivity index (χ2n) is 8.80. The summed E-state index contributed by atoms with van der Waals surface area (Å²) in [5, 5.41) is 8.79. The lowest BCUT2D eigenvalue weighted by Crippen LogP contribution is -2.46. The molecule has 36 heavy (non-hydrogen) atoms. The Morgan fingerprint density at radius 3 is 2.64 bits per heavy atom. The highest BCUT2D eigenvalue weighted by molar-refractivity contribution is 5.64. The van der Waals surface area contributed by atoms with E-state index in [-0.39, 0.29) is 12.4 Å². The Morgan fingerprint density at radius 2 is 1.78 bits per heavy atom. The van der Waals surface area contributed by atoms with E-state index in [1.807, 2.05) is 42.5 Å². The van der Waals surface area contributed by atoms with Crippen molar-refractivity contribution in [1.82, 2.24) is 24.8 Å². The van der Waals surface area contributed by atoms with E-state index in [9.17, 15) is 4.79 Å². The summed E-state index contributed by atoms with van der Waals surface area (Å²) in [5.41, 5.74) is 3.08. The summed E-state index contributed by atoms with van der Waals surface area (Å²) in [6.07, 6.45) is 0. The molecule has 184 valence electrons. The molecule has 10 heteroatoms. The average Bonchev–Trinajstić information content (AvgIpc) is 3.60. The minimum absolute atomic E-state index is 0.182. The summed E-state index contributed by atoms with van der Waals surface area (Å²) in [6, 6.07) is 17.2. The van der Waals surface area contributed by atoms with Crippen molar-refractivity contribution in [3.05, 3.63) is 70.5 Å². The first-order chi connectivity index (χ1) is 17.7. The van der Waals surface area contributed by atoms with Crippen LogP contribution in [-0.2, 0) is 6.54 Å². The van der Waals surface area contributed by atoms with Crippen LogP contribution in [0.15, 0.2) is 63.9 Å². The third-order valence-electron chi connectivity index (χ3n) is 6.56. The molecule has 6 rings (SSSR count). The fourth-order valence-corrected chi connectivity index (χ4v) is 4.47. The molecular weight excluding hydrogens is 460 g/mol. The van der Waals surface area contributed by atoms with Gasteiger partial charge in [0.25, 0.3) is 5.56 Å². The van der Waals surface area contributed by atoms with Crippen molar-refractivity contribution in [2.24, 2.45) is 0 Å². The largest absolute Gasteiger partial charge is 0.454 e. The number of rotatable bonds is 6. The van der Waals surface area contributed by atoms with E-state index in [4.69, 9.17) is 14.0 Å². The maximum atomic E-state index is 12.6. The summed E-state index contributed by atoms with van der Waals surface area (Å²) in [4.78, 5) is 21.7. The second kappa shape index (κ2) is 9.46. The van der Waals surface area contributed by atoms with Crippen molar-refractivity contribution in [2.45, 2.75) is 13.5 Å². The topological polar surface area (TPSA) is 98.8 Å². The van der Waals surface area contributed by atoms with Crippen molar-refractivity contribution in [3.8, 4) is 34.1 Å². The van der Waals surface area contributed by atoms with E-state index >= 15 is 0 Å². The third-order valence-corrected chi connectivity index (χ3v) is 6.56. The first-order valence-electron chi connectivity index (χ1n) is 12.0. The van der Waals surface area contributed by atoms with E-state index < -0.39 is 0 Å². The summed E-state index contributed by atoms with van der Waals surface area (Å²) < 4.78 is 17.9. The van der Waals surface area contributed by atoms with E-state index in [1.165, 1.54) is 10.7 Å². The Labute approximate surface area is 207 Å². The van der Waals surface area contributed by atoms with Crippen molar-refractivity contribution in [1.29, 1.82) is 0 Å². The van der Waals surface area contributed by atoms with Gasteiger partial charge in [-0.3, -0.25) is 4.79 Å². The van der Waals surface area contributed by atoms with Gasteiger partial charge in [-0.2, -0.15) is 10.1 Å². The van der Waals surface area contributed by atoms with Crippen LogP contribution in [-0.4, -0.2) is 64.3 Å². The van der Waals surface area contributed by atoms with Gasteiger partial charge in [-0.05, 0) is 42.4 Å². The van der Waals surface area contributed by atoms with Gasteiger partial charge in [-0.25, -0.2) is 4.68 Å². The van der Waals surface area contributed by atoms with Gasteiger partial charge in [0.2, 0.25) is 12.6 Å². The maximum Gasteiger partial charge on any atom is 0.324 e. The Bertz CT molecular complexity index is 1440. The first kappa shape index (κ1) is 22.3. The lowest BCUT2D eigenvalue weighted by molar-refractivity contribution is 0.174. The zero-order valence-electron chi connectivity index (χ0n) is 20.0. The van der Waals surface area contributed by atoms with Crippen molar-refractivity contribution in [3.63, 3.8) is 0 Å². The molecule has 0 atom stereocenters. The lowest BCUT2D eigenvalue weighted by atomic mass is 10.1.